The van der Waals surface area contributed by atoms with E-state index in [4.69, 9.17) is 0 Å². The van der Waals surface area contributed by atoms with Crippen molar-refractivity contribution in [1.82, 2.24) is 14.7 Å². The van der Waals surface area contributed by atoms with Gasteiger partial charge in [0, 0.05) is 36.1 Å². The number of amides is 1. The van der Waals surface area contributed by atoms with Crippen LogP contribution in [0.1, 0.15) is 15.9 Å². The van der Waals surface area contributed by atoms with Crippen molar-refractivity contribution in [2.45, 2.75) is 6.61 Å². The molecule has 6 heteroatoms. The number of fused-ring (bicyclic) bond motifs is 1. The topological polar surface area (TPSA) is 66.6 Å². The third kappa shape index (κ3) is 3.14. The highest BCUT2D eigenvalue weighted by Gasteiger charge is 2.11. The van der Waals surface area contributed by atoms with Crippen molar-refractivity contribution in [3.05, 3.63) is 83.9 Å². The molecule has 2 N–H and O–H groups in total. The smallest absolute Gasteiger partial charge is 0.251 e. The highest BCUT2D eigenvalue weighted by molar-refractivity contribution is 5.94. The molecular formula is C22H18FN3O2. The highest BCUT2D eigenvalue weighted by Crippen LogP contribution is 2.27. The first-order chi connectivity index (χ1) is 13.6. The molecule has 4 aromatic rings. The Balaban J connectivity index is 1.73. The molecule has 2 aromatic carbocycles. The lowest BCUT2D eigenvalue weighted by molar-refractivity contribution is 0.0963. The molecule has 2 aromatic heterocycles. The van der Waals surface area contributed by atoms with E-state index in [0.717, 1.165) is 22.5 Å². The fraction of sp³-hybridized carbons (Fsp3) is 0.0909. The molecule has 0 aliphatic rings. The minimum Gasteiger partial charge on any atom is -0.392 e. The first-order valence-electron chi connectivity index (χ1n) is 8.80. The minimum atomic E-state index is -0.428. The second kappa shape index (κ2) is 7.25. The number of benzene rings is 2. The lowest BCUT2D eigenvalue weighted by atomic mass is 10.0. The van der Waals surface area contributed by atoms with E-state index in [9.17, 15) is 14.3 Å². The van der Waals surface area contributed by atoms with Crippen molar-refractivity contribution < 1.29 is 14.3 Å². The fourth-order valence-corrected chi connectivity index (χ4v) is 3.22. The number of aromatic nitrogens is 2. The van der Waals surface area contributed by atoms with Crippen molar-refractivity contribution in [1.29, 1.82) is 0 Å². The van der Waals surface area contributed by atoms with Crippen LogP contribution >= 0.6 is 0 Å². The van der Waals surface area contributed by atoms with Gasteiger partial charge in [-0.3, -0.25) is 4.79 Å². The Morgan fingerprint density at radius 1 is 1.07 bits per heavy atom. The predicted octanol–water partition coefficient (Wildman–Crippen LogP) is 3.66. The van der Waals surface area contributed by atoms with Crippen molar-refractivity contribution in [2.24, 2.45) is 0 Å². The van der Waals surface area contributed by atoms with Crippen LogP contribution in [0.3, 0.4) is 0 Å². The van der Waals surface area contributed by atoms with Gasteiger partial charge in [-0.2, -0.15) is 0 Å². The van der Waals surface area contributed by atoms with Gasteiger partial charge >= 0.3 is 0 Å². The fourth-order valence-electron chi connectivity index (χ4n) is 3.22. The number of hydrogen-bond acceptors (Lipinski definition) is 3. The molecule has 0 radical (unpaired) electrons. The number of rotatable bonds is 4. The Morgan fingerprint density at radius 3 is 2.54 bits per heavy atom. The number of halogens is 1. The number of imidazole rings is 1. The van der Waals surface area contributed by atoms with Gasteiger partial charge in [-0.05, 0) is 41.5 Å². The summed E-state index contributed by atoms with van der Waals surface area (Å²) in [5.74, 6) is -0.566. The van der Waals surface area contributed by atoms with Gasteiger partial charge < -0.3 is 14.8 Å². The van der Waals surface area contributed by atoms with Gasteiger partial charge in [-0.15, -0.1) is 0 Å². The summed E-state index contributed by atoms with van der Waals surface area (Å²) in [5, 5.41) is 12.1. The van der Waals surface area contributed by atoms with Crippen LogP contribution in [0.25, 0.3) is 28.0 Å². The monoisotopic (exact) mass is 375 g/mol. The number of carbonyl (C=O) groups is 1. The molecule has 140 valence electrons. The van der Waals surface area contributed by atoms with E-state index in [1.54, 1.807) is 31.3 Å². The Bertz CT molecular complexity index is 1170. The molecule has 0 saturated carbocycles. The Morgan fingerprint density at radius 2 is 1.82 bits per heavy atom. The largest absolute Gasteiger partial charge is 0.392 e. The zero-order valence-electron chi connectivity index (χ0n) is 15.2. The molecule has 0 aliphatic carbocycles. The molecule has 4 rings (SSSR count). The molecular weight excluding hydrogens is 357 g/mol. The zero-order valence-corrected chi connectivity index (χ0v) is 15.2. The average Bonchev–Trinajstić information content (AvgIpc) is 3.16. The standard InChI is InChI=1S/C22H18FN3O2/c1-24-22(28)15-7-5-14(6-8-15)20-12-26-11-16(9-10-21(26)25-20)17-3-2-4-19(23)18(17)13-27/h2-12,27H,13H2,1H3,(H,24,28). The molecule has 0 bridgehead atoms. The van der Waals surface area contributed by atoms with Gasteiger partial charge in [0.15, 0.2) is 0 Å². The van der Waals surface area contributed by atoms with Crippen LogP contribution in [0.2, 0.25) is 0 Å². The molecule has 1 amide bonds. The summed E-state index contributed by atoms with van der Waals surface area (Å²) in [7, 11) is 1.59. The highest BCUT2D eigenvalue weighted by atomic mass is 19.1. The van der Waals surface area contributed by atoms with E-state index in [1.165, 1.54) is 6.07 Å². The number of carbonyl (C=O) groups excluding carboxylic acids is 1. The Hall–Kier alpha value is -3.51. The maximum absolute atomic E-state index is 14.0. The number of hydrogen-bond donors (Lipinski definition) is 2. The lowest BCUT2D eigenvalue weighted by Crippen LogP contribution is -2.17. The Labute approximate surface area is 161 Å². The summed E-state index contributed by atoms with van der Waals surface area (Å²) in [6.45, 7) is -0.368. The summed E-state index contributed by atoms with van der Waals surface area (Å²) in [6.07, 6.45) is 3.74. The molecule has 0 atom stereocenters. The summed E-state index contributed by atoms with van der Waals surface area (Å²) in [5.41, 5.74) is 4.69. The number of nitrogens with zero attached hydrogens (tertiary/aromatic N) is 2. The molecule has 0 aliphatic heterocycles. The summed E-state index contributed by atoms with van der Waals surface area (Å²) >= 11 is 0. The van der Waals surface area contributed by atoms with E-state index in [2.05, 4.69) is 10.3 Å². The summed E-state index contributed by atoms with van der Waals surface area (Å²) in [6, 6.07) is 15.7. The van der Waals surface area contributed by atoms with Crippen LogP contribution in [-0.2, 0) is 6.61 Å². The molecule has 0 fully saturated rings. The van der Waals surface area contributed by atoms with Crippen LogP contribution in [0.5, 0.6) is 0 Å². The van der Waals surface area contributed by atoms with E-state index < -0.39 is 5.82 Å². The summed E-state index contributed by atoms with van der Waals surface area (Å²) in [4.78, 5) is 16.3. The van der Waals surface area contributed by atoms with Gasteiger partial charge in [0.1, 0.15) is 11.5 Å². The number of aliphatic hydroxyl groups excluding tert-OH is 1. The van der Waals surface area contributed by atoms with Gasteiger partial charge in [0.2, 0.25) is 0 Å². The maximum Gasteiger partial charge on any atom is 0.251 e. The normalized spacial score (nSPS) is 11.0. The average molecular weight is 375 g/mol. The SMILES string of the molecule is CNC(=O)c1ccc(-c2cn3cc(-c4cccc(F)c4CO)ccc3n2)cc1. The second-order valence-electron chi connectivity index (χ2n) is 6.39. The van der Waals surface area contributed by atoms with E-state index in [1.807, 2.05) is 41.1 Å². The van der Waals surface area contributed by atoms with Crippen LogP contribution in [0.15, 0.2) is 67.0 Å². The minimum absolute atomic E-state index is 0.138. The Kier molecular flexibility index (Phi) is 4.63. The third-order valence-corrected chi connectivity index (χ3v) is 4.71. The van der Waals surface area contributed by atoms with Crippen LogP contribution < -0.4 is 5.32 Å². The first kappa shape index (κ1) is 17.9. The van der Waals surface area contributed by atoms with E-state index >= 15 is 0 Å². The number of nitrogens with one attached hydrogen (secondary N) is 1. The van der Waals surface area contributed by atoms with Gasteiger partial charge in [-0.1, -0.05) is 24.3 Å². The number of pyridine rings is 1. The predicted molar refractivity (Wildman–Crippen MR) is 105 cm³/mol. The summed E-state index contributed by atoms with van der Waals surface area (Å²) < 4.78 is 15.8. The van der Waals surface area contributed by atoms with Crippen molar-refractivity contribution >= 4 is 11.6 Å². The second-order valence-corrected chi connectivity index (χ2v) is 6.39. The van der Waals surface area contributed by atoms with Crippen LogP contribution in [-0.4, -0.2) is 27.4 Å². The van der Waals surface area contributed by atoms with Gasteiger partial charge in [-0.25, -0.2) is 9.37 Å². The quantitative estimate of drug-likeness (QED) is 0.572. The molecule has 0 unspecified atom stereocenters. The maximum atomic E-state index is 14.0. The molecule has 28 heavy (non-hydrogen) atoms. The number of aliphatic hydroxyl groups is 1. The lowest BCUT2D eigenvalue weighted by Gasteiger charge is -2.09. The van der Waals surface area contributed by atoms with Crippen molar-refractivity contribution in [3.63, 3.8) is 0 Å². The van der Waals surface area contributed by atoms with Crippen LogP contribution in [0, 0.1) is 5.82 Å². The molecule has 5 nitrogen and oxygen atoms in total. The third-order valence-electron chi connectivity index (χ3n) is 4.71. The van der Waals surface area contributed by atoms with E-state index in [0.29, 0.717) is 11.1 Å². The van der Waals surface area contributed by atoms with E-state index in [-0.39, 0.29) is 18.1 Å². The molecule has 0 spiro atoms. The zero-order chi connectivity index (χ0) is 19.7. The molecule has 0 saturated heterocycles. The van der Waals surface area contributed by atoms with Crippen LogP contribution in [0.4, 0.5) is 4.39 Å². The van der Waals surface area contributed by atoms with Crippen molar-refractivity contribution in [2.75, 3.05) is 7.05 Å². The first-order valence-corrected chi connectivity index (χ1v) is 8.80. The molecule has 2 heterocycles. The van der Waals surface area contributed by atoms with Crippen molar-refractivity contribution in [3.8, 4) is 22.4 Å². The van der Waals surface area contributed by atoms with Gasteiger partial charge in [0.25, 0.3) is 5.91 Å². The van der Waals surface area contributed by atoms with Gasteiger partial charge in [0.05, 0.1) is 12.3 Å².